The van der Waals surface area contributed by atoms with Crippen LogP contribution in [0.25, 0.3) is 16.9 Å². The van der Waals surface area contributed by atoms with Gasteiger partial charge in [0, 0.05) is 11.8 Å². The second kappa shape index (κ2) is 7.47. The first-order valence-corrected chi connectivity index (χ1v) is 8.81. The SMILES string of the molecule is O=C(Oc1c(-c2ccccc2)nc2ccccn2c1=O)c1ccc(C(F)(F)F)cc1. The Morgan fingerprint density at radius 3 is 2.23 bits per heavy atom. The molecule has 0 N–H and O–H groups in total. The molecule has 5 nitrogen and oxygen atoms in total. The molecule has 30 heavy (non-hydrogen) atoms. The molecule has 0 atom stereocenters. The number of halogens is 3. The molecule has 2 aromatic heterocycles. The van der Waals surface area contributed by atoms with Gasteiger partial charge < -0.3 is 4.74 Å². The molecular formula is C22H13F3N2O3. The van der Waals surface area contributed by atoms with Crippen LogP contribution in [0.3, 0.4) is 0 Å². The highest BCUT2D eigenvalue weighted by molar-refractivity contribution is 5.92. The number of esters is 1. The third-order valence-electron chi connectivity index (χ3n) is 4.38. The predicted octanol–water partition coefficient (Wildman–Crippen LogP) is 4.60. The third kappa shape index (κ3) is 3.67. The van der Waals surface area contributed by atoms with E-state index in [2.05, 4.69) is 4.98 Å². The fourth-order valence-corrected chi connectivity index (χ4v) is 2.90. The predicted molar refractivity (Wildman–Crippen MR) is 103 cm³/mol. The molecule has 4 aromatic rings. The van der Waals surface area contributed by atoms with Gasteiger partial charge in [-0.05, 0) is 36.4 Å². The molecule has 4 rings (SSSR count). The molecule has 0 fully saturated rings. The van der Waals surface area contributed by atoms with Crippen LogP contribution in [-0.2, 0) is 6.18 Å². The van der Waals surface area contributed by atoms with Crippen LogP contribution >= 0.6 is 0 Å². The number of nitrogens with zero attached hydrogens (tertiary/aromatic N) is 2. The van der Waals surface area contributed by atoms with E-state index in [-0.39, 0.29) is 17.0 Å². The number of carbonyl (C=O) groups excluding carboxylic acids is 1. The largest absolute Gasteiger partial charge is 0.416 e. The number of rotatable bonds is 3. The van der Waals surface area contributed by atoms with Gasteiger partial charge in [-0.3, -0.25) is 9.20 Å². The van der Waals surface area contributed by atoms with Gasteiger partial charge in [-0.25, -0.2) is 9.78 Å². The number of benzene rings is 2. The van der Waals surface area contributed by atoms with Crippen molar-refractivity contribution in [2.24, 2.45) is 0 Å². The van der Waals surface area contributed by atoms with E-state index in [0.29, 0.717) is 11.2 Å². The van der Waals surface area contributed by atoms with Crippen LogP contribution in [0.4, 0.5) is 13.2 Å². The maximum atomic E-state index is 13.0. The molecule has 0 spiro atoms. The summed E-state index contributed by atoms with van der Waals surface area (Å²) in [5.74, 6) is -1.27. The molecule has 8 heteroatoms. The Morgan fingerprint density at radius 1 is 0.900 bits per heavy atom. The van der Waals surface area contributed by atoms with Crippen LogP contribution < -0.4 is 10.3 Å². The molecule has 0 saturated carbocycles. The number of carbonyl (C=O) groups is 1. The van der Waals surface area contributed by atoms with Gasteiger partial charge >= 0.3 is 17.7 Å². The first kappa shape index (κ1) is 19.4. The van der Waals surface area contributed by atoms with Crippen molar-refractivity contribution >= 4 is 11.6 Å². The molecular weight excluding hydrogens is 397 g/mol. The molecule has 0 aliphatic carbocycles. The number of hydrogen-bond acceptors (Lipinski definition) is 4. The van der Waals surface area contributed by atoms with E-state index < -0.39 is 23.3 Å². The molecule has 0 saturated heterocycles. The summed E-state index contributed by atoms with van der Waals surface area (Å²) in [7, 11) is 0. The molecule has 2 aromatic carbocycles. The van der Waals surface area contributed by atoms with E-state index in [1.165, 1.54) is 10.6 Å². The van der Waals surface area contributed by atoms with Crippen molar-refractivity contribution in [3.63, 3.8) is 0 Å². The number of alkyl halides is 3. The molecule has 0 aliphatic heterocycles. The maximum Gasteiger partial charge on any atom is 0.416 e. The van der Waals surface area contributed by atoms with Gasteiger partial charge in [-0.2, -0.15) is 13.2 Å². The Bertz CT molecular complexity index is 1280. The van der Waals surface area contributed by atoms with E-state index in [1.807, 2.05) is 0 Å². The lowest BCUT2D eigenvalue weighted by molar-refractivity contribution is -0.137. The Labute approximate surface area is 168 Å². The summed E-state index contributed by atoms with van der Waals surface area (Å²) in [6.07, 6.45) is -3.04. The van der Waals surface area contributed by atoms with Gasteiger partial charge in [0.25, 0.3) is 0 Å². The molecule has 0 bridgehead atoms. The van der Waals surface area contributed by atoms with E-state index in [4.69, 9.17) is 4.74 Å². The van der Waals surface area contributed by atoms with Gasteiger partial charge in [-0.1, -0.05) is 36.4 Å². The van der Waals surface area contributed by atoms with Crippen LogP contribution in [0.2, 0.25) is 0 Å². The average Bonchev–Trinajstić information content (AvgIpc) is 2.75. The van der Waals surface area contributed by atoms with Gasteiger partial charge in [0.05, 0.1) is 11.1 Å². The van der Waals surface area contributed by atoms with Gasteiger partial charge in [0.15, 0.2) is 0 Å². The first-order valence-electron chi connectivity index (χ1n) is 8.81. The third-order valence-corrected chi connectivity index (χ3v) is 4.38. The minimum Gasteiger partial charge on any atom is -0.415 e. The lowest BCUT2D eigenvalue weighted by atomic mass is 10.1. The normalized spacial score (nSPS) is 11.4. The number of pyridine rings is 1. The van der Waals surface area contributed by atoms with Crippen molar-refractivity contribution in [3.05, 3.63) is 100 Å². The van der Waals surface area contributed by atoms with Crippen molar-refractivity contribution in [3.8, 4) is 17.0 Å². The van der Waals surface area contributed by atoms with Gasteiger partial charge in [0.1, 0.15) is 11.3 Å². The van der Waals surface area contributed by atoms with Crippen molar-refractivity contribution in [1.82, 2.24) is 9.38 Å². The average molecular weight is 410 g/mol. The number of hydrogen-bond donors (Lipinski definition) is 0. The summed E-state index contributed by atoms with van der Waals surface area (Å²) in [6.45, 7) is 0. The monoisotopic (exact) mass is 410 g/mol. The van der Waals surface area contributed by atoms with Crippen molar-refractivity contribution in [2.45, 2.75) is 6.18 Å². The lowest BCUT2D eigenvalue weighted by Gasteiger charge is -2.12. The zero-order valence-electron chi connectivity index (χ0n) is 15.3. The fraction of sp³-hybridized carbons (Fsp3) is 0.0455. The first-order chi connectivity index (χ1) is 14.3. The van der Waals surface area contributed by atoms with Crippen LogP contribution in [0.1, 0.15) is 15.9 Å². The maximum absolute atomic E-state index is 13.0. The standard InChI is InChI=1S/C22H13F3N2O3/c23-22(24,25)16-11-9-15(10-12-16)21(29)30-19-18(14-6-2-1-3-7-14)26-17-8-4-5-13-27(17)20(19)28/h1-13H. The van der Waals surface area contributed by atoms with Gasteiger partial charge in [-0.15, -0.1) is 0 Å². The van der Waals surface area contributed by atoms with Crippen molar-refractivity contribution < 1.29 is 22.7 Å². The molecule has 0 radical (unpaired) electrons. The number of fused-ring (bicyclic) bond motifs is 1. The molecule has 0 aliphatic rings. The Morgan fingerprint density at radius 2 is 1.57 bits per heavy atom. The van der Waals surface area contributed by atoms with E-state index in [1.54, 1.807) is 48.5 Å². The smallest absolute Gasteiger partial charge is 0.415 e. The summed E-state index contributed by atoms with van der Waals surface area (Å²) < 4.78 is 44.8. The summed E-state index contributed by atoms with van der Waals surface area (Å²) >= 11 is 0. The Kier molecular flexibility index (Phi) is 4.83. The van der Waals surface area contributed by atoms with Crippen molar-refractivity contribution in [2.75, 3.05) is 0 Å². The summed E-state index contributed by atoms with van der Waals surface area (Å²) in [5.41, 5.74) is -0.560. The molecule has 150 valence electrons. The minimum absolute atomic E-state index is 0.125. The van der Waals surface area contributed by atoms with Crippen molar-refractivity contribution in [1.29, 1.82) is 0 Å². The minimum atomic E-state index is -4.52. The summed E-state index contributed by atoms with van der Waals surface area (Å²) in [4.78, 5) is 30.0. The highest BCUT2D eigenvalue weighted by atomic mass is 19.4. The van der Waals surface area contributed by atoms with E-state index in [9.17, 15) is 22.8 Å². The molecule has 2 heterocycles. The highest BCUT2D eigenvalue weighted by Crippen LogP contribution is 2.30. The summed E-state index contributed by atoms with van der Waals surface area (Å²) in [6, 6.07) is 17.2. The van der Waals surface area contributed by atoms with Gasteiger partial charge in [0.2, 0.25) is 5.75 Å². The Hall–Kier alpha value is -3.94. The van der Waals surface area contributed by atoms with Crippen LogP contribution in [-0.4, -0.2) is 15.4 Å². The molecule has 0 unspecified atom stereocenters. The second-order valence-electron chi connectivity index (χ2n) is 6.35. The topological polar surface area (TPSA) is 60.7 Å². The molecule has 0 amide bonds. The van der Waals surface area contributed by atoms with E-state index >= 15 is 0 Å². The zero-order valence-corrected chi connectivity index (χ0v) is 15.3. The number of aromatic nitrogens is 2. The number of ether oxygens (including phenoxy) is 1. The zero-order chi connectivity index (χ0) is 21.3. The van der Waals surface area contributed by atoms with E-state index in [0.717, 1.165) is 24.3 Å². The summed E-state index contributed by atoms with van der Waals surface area (Å²) in [5, 5.41) is 0. The van der Waals surface area contributed by atoms with Crippen LogP contribution in [0.5, 0.6) is 5.75 Å². The Balaban J connectivity index is 1.79. The van der Waals surface area contributed by atoms with Crippen LogP contribution in [0, 0.1) is 0 Å². The van der Waals surface area contributed by atoms with Crippen LogP contribution in [0.15, 0.2) is 83.8 Å². The highest BCUT2D eigenvalue weighted by Gasteiger charge is 2.30. The lowest BCUT2D eigenvalue weighted by Crippen LogP contribution is -2.22. The quantitative estimate of drug-likeness (QED) is 0.463. The second-order valence-corrected chi connectivity index (χ2v) is 6.35. The fourth-order valence-electron chi connectivity index (χ4n) is 2.90.